The van der Waals surface area contributed by atoms with Crippen LogP contribution in [0.3, 0.4) is 0 Å². The van der Waals surface area contributed by atoms with Crippen LogP contribution in [0.25, 0.3) is 0 Å². The first-order valence-corrected chi connectivity index (χ1v) is 6.20. The smallest absolute Gasteiger partial charge is 0.203 e. The molecule has 0 amide bonds. The fourth-order valence-electron chi connectivity index (χ4n) is 1.57. The molecule has 0 saturated carbocycles. The largest absolute Gasteiger partial charge is 0.288 e. The molecular weight excluding hydrogens is 240 g/mol. The normalized spacial score (nSPS) is 10.4. The quantitative estimate of drug-likeness (QED) is 0.729. The minimum atomic E-state index is 0.0762. The van der Waals surface area contributed by atoms with E-state index in [1.165, 1.54) is 11.3 Å². The van der Waals surface area contributed by atoms with E-state index < -0.39 is 0 Å². The third-order valence-electron chi connectivity index (χ3n) is 2.50. The van der Waals surface area contributed by atoms with Gasteiger partial charge >= 0.3 is 0 Å². The molecule has 0 spiro atoms. The zero-order chi connectivity index (χ0) is 11.7. The predicted octanol–water partition coefficient (Wildman–Crippen LogP) is 4.25. The Morgan fingerprint density at radius 3 is 2.62 bits per heavy atom. The van der Waals surface area contributed by atoms with E-state index in [9.17, 15) is 4.79 Å². The van der Waals surface area contributed by atoms with Crippen LogP contribution in [0.2, 0.25) is 5.02 Å². The maximum atomic E-state index is 12.2. The average molecular weight is 251 g/mol. The highest BCUT2D eigenvalue weighted by Gasteiger charge is 2.13. The molecule has 0 atom stereocenters. The molecule has 82 valence electrons. The Morgan fingerprint density at radius 2 is 2.00 bits per heavy atom. The number of hydrogen-bond donors (Lipinski definition) is 0. The molecule has 0 aliphatic rings. The summed E-state index contributed by atoms with van der Waals surface area (Å²) in [6.45, 7) is 3.82. The number of carbonyl (C=O) groups excluding carboxylic acids is 1. The first kappa shape index (κ1) is 11.4. The van der Waals surface area contributed by atoms with E-state index in [0.29, 0.717) is 5.02 Å². The number of ketones is 1. The maximum absolute atomic E-state index is 12.2. The summed E-state index contributed by atoms with van der Waals surface area (Å²) < 4.78 is 0. The summed E-state index contributed by atoms with van der Waals surface area (Å²) in [6, 6.07) is 7.43. The summed E-state index contributed by atoms with van der Waals surface area (Å²) >= 11 is 7.47. The number of benzene rings is 1. The van der Waals surface area contributed by atoms with Crippen molar-refractivity contribution >= 4 is 28.7 Å². The fraction of sp³-hybridized carbons (Fsp3) is 0.154. The van der Waals surface area contributed by atoms with E-state index >= 15 is 0 Å². The average Bonchev–Trinajstić information content (AvgIpc) is 2.75. The van der Waals surface area contributed by atoms with Gasteiger partial charge in [0.1, 0.15) is 0 Å². The SMILES string of the molecule is Cc1cc(C(=O)c2cccs2)c(C)cc1Cl. The van der Waals surface area contributed by atoms with Gasteiger partial charge in [-0.15, -0.1) is 11.3 Å². The second-order valence-electron chi connectivity index (χ2n) is 3.72. The molecule has 3 heteroatoms. The highest BCUT2D eigenvalue weighted by atomic mass is 35.5. The lowest BCUT2D eigenvalue weighted by Gasteiger charge is -2.06. The number of carbonyl (C=O) groups is 1. The molecule has 1 nitrogen and oxygen atoms in total. The van der Waals surface area contributed by atoms with Crippen LogP contribution in [0.4, 0.5) is 0 Å². The summed E-state index contributed by atoms with van der Waals surface area (Å²) in [7, 11) is 0. The van der Waals surface area contributed by atoms with Gasteiger partial charge in [0, 0.05) is 10.6 Å². The van der Waals surface area contributed by atoms with Crippen LogP contribution >= 0.6 is 22.9 Å². The van der Waals surface area contributed by atoms with E-state index in [2.05, 4.69) is 0 Å². The van der Waals surface area contributed by atoms with Gasteiger partial charge in [0.2, 0.25) is 5.78 Å². The van der Waals surface area contributed by atoms with Gasteiger partial charge in [0.25, 0.3) is 0 Å². The van der Waals surface area contributed by atoms with Gasteiger partial charge in [-0.2, -0.15) is 0 Å². The summed E-state index contributed by atoms with van der Waals surface area (Å²) in [5.74, 6) is 0.0762. The van der Waals surface area contributed by atoms with Gasteiger partial charge < -0.3 is 0 Å². The lowest BCUT2D eigenvalue weighted by atomic mass is 10.0. The zero-order valence-corrected chi connectivity index (χ0v) is 10.7. The molecule has 0 N–H and O–H groups in total. The van der Waals surface area contributed by atoms with Gasteiger partial charge in [0.05, 0.1) is 4.88 Å². The minimum Gasteiger partial charge on any atom is -0.288 e. The molecule has 16 heavy (non-hydrogen) atoms. The zero-order valence-electron chi connectivity index (χ0n) is 9.08. The molecule has 0 fully saturated rings. The van der Waals surface area contributed by atoms with Gasteiger partial charge in [-0.3, -0.25) is 4.79 Å². The topological polar surface area (TPSA) is 17.1 Å². The van der Waals surface area contributed by atoms with E-state index in [0.717, 1.165) is 21.6 Å². The Labute approximate surface area is 104 Å². The van der Waals surface area contributed by atoms with Gasteiger partial charge in [-0.25, -0.2) is 0 Å². The van der Waals surface area contributed by atoms with Crippen LogP contribution in [0.5, 0.6) is 0 Å². The van der Waals surface area contributed by atoms with Crippen molar-refractivity contribution in [2.24, 2.45) is 0 Å². The predicted molar refractivity (Wildman–Crippen MR) is 68.7 cm³/mol. The summed E-state index contributed by atoms with van der Waals surface area (Å²) in [4.78, 5) is 12.9. The van der Waals surface area contributed by atoms with Crippen LogP contribution in [-0.2, 0) is 0 Å². The number of aryl methyl sites for hydroxylation is 2. The monoisotopic (exact) mass is 250 g/mol. The highest BCUT2D eigenvalue weighted by Crippen LogP contribution is 2.23. The Bertz CT molecular complexity index is 529. The van der Waals surface area contributed by atoms with Crippen LogP contribution < -0.4 is 0 Å². The van der Waals surface area contributed by atoms with Crippen LogP contribution in [0.1, 0.15) is 26.4 Å². The number of hydrogen-bond acceptors (Lipinski definition) is 2. The van der Waals surface area contributed by atoms with Crippen molar-refractivity contribution in [3.63, 3.8) is 0 Å². The second kappa shape index (κ2) is 4.40. The van der Waals surface area contributed by atoms with Crippen molar-refractivity contribution in [2.75, 3.05) is 0 Å². The Kier molecular flexibility index (Phi) is 3.13. The molecule has 0 radical (unpaired) electrons. The lowest BCUT2D eigenvalue weighted by Crippen LogP contribution is -2.02. The molecule has 0 unspecified atom stereocenters. The van der Waals surface area contributed by atoms with Crippen molar-refractivity contribution in [3.05, 3.63) is 56.2 Å². The molecule has 0 saturated heterocycles. The number of rotatable bonds is 2. The highest BCUT2D eigenvalue weighted by molar-refractivity contribution is 7.12. The third kappa shape index (κ3) is 2.04. The molecule has 1 aromatic heterocycles. The van der Waals surface area contributed by atoms with Crippen molar-refractivity contribution in [2.45, 2.75) is 13.8 Å². The van der Waals surface area contributed by atoms with E-state index in [1.807, 2.05) is 43.5 Å². The van der Waals surface area contributed by atoms with Crippen molar-refractivity contribution < 1.29 is 4.79 Å². The minimum absolute atomic E-state index is 0.0762. The van der Waals surface area contributed by atoms with Gasteiger partial charge in [0.15, 0.2) is 0 Å². The first-order valence-electron chi connectivity index (χ1n) is 4.94. The Morgan fingerprint density at radius 1 is 1.25 bits per heavy atom. The van der Waals surface area contributed by atoms with Crippen molar-refractivity contribution in [1.29, 1.82) is 0 Å². The standard InChI is InChI=1S/C13H11ClOS/c1-8-7-11(14)9(2)6-10(8)13(15)12-4-3-5-16-12/h3-7H,1-2H3. The van der Waals surface area contributed by atoms with Crippen LogP contribution in [-0.4, -0.2) is 5.78 Å². The maximum Gasteiger partial charge on any atom is 0.203 e. The van der Waals surface area contributed by atoms with E-state index in [4.69, 9.17) is 11.6 Å². The molecule has 2 rings (SSSR count). The summed E-state index contributed by atoms with van der Waals surface area (Å²) in [6.07, 6.45) is 0. The first-order chi connectivity index (χ1) is 7.59. The second-order valence-corrected chi connectivity index (χ2v) is 5.08. The van der Waals surface area contributed by atoms with E-state index in [1.54, 1.807) is 0 Å². The van der Waals surface area contributed by atoms with Crippen LogP contribution in [0.15, 0.2) is 29.6 Å². The lowest BCUT2D eigenvalue weighted by molar-refractivity contribution is 0.104. The van der Waals surface area contributed by atoms with E-state index in [-0.39, 0.29) is 5.78 Å². The fourth-order valence-corrected chi connectivity index (χ4v) is 2.46. The molecule has 1 heterocycles. The Balaban J connectivity index is 2.49. The molecule has 1 aromatic carbocycles. The van der Waals surface area contributed by atoms with Crippen molar-refractivity contribution in [3.8, 4) is 0 Å². The van der Waals surface area contributed by atoms with Crippen molar-refractivity contribution in [1.82, 2.24) is 0 Å². The molecule has 2 aromatic rings. The molecular formula is C13H11ClOS. The Hall–Kier alpha value is -1.12. The molecule has 0 bridgehead atoms. The molecule has 0 aliphatic carbocycles. The number of thiophene rings is 1. The summed E-state index contributed by atoms with van der Waals surface area (Å²) in [5, 5.41) is 2.62. The molecule has 0 aliphatic heterocycles. The summed E-state index contributed by atoms with van der Waals surface area (Å²) in [5.41, 5.74) is 2.60. The van der Waals surface area contributed by atoms with Gasteiger partial charge in [-0.05, 0) is 48.6 Å². The van der Waals surface area contributed by atoms with Gasteiger partial charge in [-0.1, -0.05) is 17.7 Å². The third-order valence-corrected chi connectivity index (χ3v) is 3.77. The van der Waals surface area contributed by atoms with Crippen LogP contribution in [0, 0.1) is 13.8 Å². The number of halogens is 1.